The van der Waals surface area contributed by atoms with Crippen molar-refractivity contribution in [3.63, 3.8) is 0 Å². The van der Waals surface area contributed by atoms with Crippen molar-refractivity contribution in [1.82, 2.24) is 5.32 Å². The normalized spacial score (nSPS) is 14.7. The first kappa shape index (κ1) is 67.4. The highest BCUT2D eigenvalue weighted by molar-refractivity contribution is 7.45. The van der Waals surface area contributed by atoms with Crippen molar-refractivity contribution in [3.05, 3.63) is 122 Å². The second-order valence-electron chi connectivity index (χ2n) is 19.4. The summed E-state index contributed by atoms with van der Waals surface area (Å²) in [6, 6.07) is -0.927. The Hall–Kier alpha value is -3.59. The molecule has 0 heterocycles. The van der Waals surface area contributed by atoms with Gasteiger partial charge in [0.2, 0.25) is 5.91 Å². The molecule has 0 saturated heterocycles. The maximum Gasteiger partial charge on any atom is 0.306 e. The van der Waals surface area contributed by atoms with Gasteiger partial charge in [-0.05, 0) is 102 Å². The molecule has 1 amide bonds. The van der Waals surface area contributed by atoms with Crippen molar-refractivity contribution >= 4 is 19.7 Å². The first-order valence-corrected chi connectivity index (χ1v) is 29.3. The van der Waals surface area contributed by atoms with Gasteiger partial charge in [0.1, 0.15) is 19.3 Å². The van der Waals surface area contributed by atoms with E-state index in [0.29, 0.717) is 23.9 Å². The number of hydrogen-bond donors (Lipinski definition) is 1. The number of allylic oxidation sites excluding steroid dienone is 19. The van der Waals surface area contributed by atoms with E-state index in [1.54, 1.807) is 6.08 Å². The zero-order valence-electron chi connectivity index (χ0n) is 45.9. The largest absolute Gasteiger partial charge is 0.756 e. The number of carbonyl (C=O) groups is 2. The first-order valence-electron chi connectivity index (χ1n) is 27.9. The quantitative estimate of drug-likeness (QED) is 0.0161. The molecule has 0 fully saturated rings. The van der Waals surface area contributed by atoms with Crippen LogP contribution in [0.5, 0.6) is 0 Å². The average molecular weight is 1010 g/mol. The molecule has 3 unspecified atom stereocenters. The highest BCUT2D eigenvalue weighted by Crippen LogP contribution is 2.38. The molecule has 0 aromatic heterocycles. The van der Waals surface area contributed by atoms with Crippen molar-refractivity contribution in [2.24, 2.45) is 0 Å². The molecule has 9 nitrogen and oxygen atoms in total. The Kier molecular flexibility index (Phi) is 47.4. The molecule has 0 radical (unpaired) electrons. The number of carbonyl (C=O) groups excluding carboxylic acids is 2. The summed E-state index contributed by atoms with van der Waals surface area (Å²) in [6.07, 6.45) is 68.9. The summed E-state index contributed by atoms with van der Waals surface area (Å²) in [5.74, 6) is -0.629. The molecule has 10 heteroatoms. The summed E-state index contributed by atoms with van der Waals surface area (Å²) >= 11 is 0. The van der Waals surface area contributed by atoms with E-state index in [0.717, 1.165) is 109 Å². The monoisotopic (exact) mass is 1010 g/mol. The molecule has 0 aromatic carbocycles. The number of unbranched alkanes of at least 4 members (excludes halogenated alkanes) is 16. The molecule has 0 rings (SSSR count). The van der Waals surface area contributed by atoms with Gasteiger partial charge in [0.25, 0.3) is 7.82 Å². The molecule has 0 saturated carbocycles. The lowest BCUT2D eigenvalue weighted by molar-refractivity contribution is -0.870. The molecular weight excluding hydrogens is 904 g/mol. The van der Waals surface area contributed by atoms with Gasteiger partial charge in [-0.3, -0.25) is 14.2 Å². The van der Waals surface area contributed by atoms with Gasteiger partial charge in [0, 0.05) is 12.8 Å². The Morgan fingerprint density at radius 1 is 0.521 bits per heavy atom. The van der Waals surface area contributed by atoms with Gasteiger partial charge in [0.05, 0.1) is 33.8 Å². The second kappa shape index (κ2) is 50.0. The van der Waals surface area contributed by atoms with Crippen LogP contribution in [0.2, 0.25) is 0 Å². The molecule has 0 bridgehead atoms. The molecule has 0 aliphatic rings. The minimum Gasteiger partial charge on any atom is -0.756 e. The number of hydrogen-bond acceptors (Lipinski definition) is 7. The molecule has 404 valence electrons. The van der Waals surface area contributed by atoms with Crippen LogP contribution >= 0.6 is 7.82 Å². The van der Waals surface area contributed by atoms with E-state index in [1.165, 1.54) is 44.9 Å². The van der Waals surface area contributed by atoms with Crippen LogP contribution in [0.25, 0.3) is 0 Å². The third-order valence-corrected chi connectivity index (χ3v) is 12.4. The third kappa shape index (κ3) is 51.1. The van der Waals surface area contributed by atoms with Crippen molar-refractivity contribution in [1.29, 1.82) is 0 Å². The van der Waals surface area contributed by atoms with E-state index in [1.807, 2.05) is 33.3 Å². The zero-order chi connectivity index (χ0) is 52.2. The Morgan fingerprint density at radius 2 is 0.972 bits per heavy atom. The number of ether oxygens (including phenoxy) is 1. The summed E-state index contributed by atoms with van der Waals surface area (Å²) in [5.41, 5.74) is 0. The molecule has 0 spiro atoms. The molecule has 0 aliphatic heterocycles. The van der Waals surface area contributed by atoms with Gasteiger partial charge in [0.15, 0.2) is 0 Å². The molecular formula is C61H103N2O7P. The number of nitrogens with zero attached hydrogens (tertiary/aromatic N) is 1. The fraction of sp³-hybridized carbons (Fsp3) is 0.639. The van der Waals surface area contributed by atoms with Crippen LogP contribution in [0.3, 0.4) is 0 Å². The van der Waals surface area contributed by atoms with Crippen LogP contribution in [0, 0.1) is 0 Å². The van der Waals surface area contributed by atoms with Gasteiger partial charge < -0.3 is 28.5 Å². The molecule has 3 atom stereocenters. The second-order valence-corrected chi connectivity index (χ2v) is 20.8. The van der Waals surface area contributed by atoms with Crippen LogP contribution < -0.4 is 10.2 Å². The lowest BCUT2D eigenvalue weighted by Crippen LogP contribution is -2.47. The molecule has 71 heavy (non-hydrogen) atoms. The topological polar surface area (TPSA) is 114 Å². The van der Waals surface area contributed by atoms with Gasteiger partial charge in [-0.15, -0.1) is 0 Å². The van der Waals surface area contributed by atoms with Crippen LogP contribution in [-0.2, 0) is 27.9 Å². The third-order valence-electron chi connectivity index (χ3n) is 11.4. The summed E-state index contributed by atoms with van der Waals surface area (Å²) in [6.45, 7) is 6.50. The average Bonchev–Trinajstić information content (AvgIpc) is 3.33. The predicted octanol–water partition coefficient (Wildman–Crippen LogP) is 16.1. The van der Waals surface area contributed by atoms with Crippen molar-refractivity contribution in [2.75, 3.05) is 40.9 Å². The fourth-order valence-electron chi connectivity index (χ4n) is 7.17. The lowest BCUT2D eigenvalue weighted by Gasteiger charge is -2.30. The predicted molar refractivity (Wildman–Crippen MR) is 302 cm³/mol. The van der Waals surface area contributed by atoms with Crippen molar-refractivity contribution < 1.29 is 37.3 Å². The van der Waals surface area contributed by atoms with Crippen LogP contribution in [0.4, 0.5) is 0 Å². The maximum absolute atomic E-state index is 13.5. The number of quaternary nitrogens is 1. The van der Waals surface area contributed by atoms with Crippen LogP contribution in [-0.4, -0.2) is 69.4 Å². The highest BCUT2D eigenvalue weighted by atomic mass is 31.2. The molecule has 0 aromatic rings. The number of likely N-dealkylation sites (N-methyl/N-ethyl adjacent to an activating group) is 1. The number of nitrogens with one attached hydrogen (secondary N) is 1. The summed E-state index contributed by atoms with van der Waals surface area (Å²) in [7, 11) is 1.12. The molecule has 0 aliphatic carbocycles. The van der Waals surface area contributed by atoms with E-state index in [2.05, 4.69) is 129 Å². The highest BCUT2D eigenvalue weighted by Gasteiger charge is 2.27. The molecule has 1 N–H and O–H groups in total. The number of esters is 1. The van der Waals surface area contributed by atoms with E-state index < -0.39 is 26.6 Å². The zero-order valence-corrected chi connectivity index (χ0v) is 46.8. The first-order chi connectivity index (χ1) is 34.4. The van der Waals surface area contributed by atoms with Crippen molar-refractivity contribution in [3.8, 4) is 0 Å². The lowest BCUT2D eigenvalue weighted by atomic mass is 10.1. The maximum atomic E-state index is 13.5. The smallest absolute Gasteiger partial charge is 0.306 e. The van der Waals surface area contributed by atoms with E-state index in [4.69, 9.17) is 13.8 Å². The standard InChI is InChI=1S/C61H103N2O7P/c1-7-10-13-16-19-22-25-27-28-29-30-31-32-33-34-36-38-41-44-47-50-53-60(64)62-58(57-69-71(66,67)68-56-55-63(4,5)6)59(52-49-46-43-40-37-24-21-18-15-12-9-3)70-61(65)54-51-48-45-42-39-35-26-23-20-17-14-11-8-2/h10-11,13-14,17,19-20,22-23,26-28,30-31,33-34,38,41,49,52,58-59H,7-9,12,15-16,18,21,24-25,29,32,35-37,39-40,42-48,50-51,53-57H2,1-6H3,(H-,62,64,66,67)/b13-10-,14-11+,20-17+,22-19-,26-23-,28-27-,31-30-,34-33-,41-38-,52-49-. The van der Waals surface area contributed by atoms with Gasteiger partial charge in [-0.2, -0.15) is 0 Å². The number of phosphoric ester groups is 1. The van der Waals surface area contributed by atoms with Crippen LogP contribution in [0.15, 0.2) is 122 Å². The SMILES string of the molecule is CC/C=C\C/C=C\C/C=C\C/C=C\C/C=C\C/C=C\CCCCC(=O)NC(COP(=O)([O-])OCC[N+](C)(C)C)C(/C=C\CCCCCCCCCCC)OC(=O)CCCCCCC\C=C/C=C/C=C/CC. The van der Waals surface area contributed by atoms with Gasteiger partial charge in [-0.1, -0.05) is 207 Å². The van der Waals surface area contributed by atoms with Crippen molar-refractivity contribution in [2.45, 2.75) is 213 Å². The van der Waals surface area contributed by atoms with E-state index in [-0.39, 0.29) is 31.3 Å². The number of amides is 1. The minimum atomic E-state index is -4.72. The Labute approximate surface area is 435 Å². The number of phosphoric acid groups is 1. The van der Waals surface area contributed by atoms with Crippen LogP contribution in [0.1, 0.15) is 201 Å². The van der Waals surface area contributed by atoms with Gasteiger partial charge >= 0.3 is 5.97 Å². The summed E-state index contributed by atoms with van der Waals surface area (Å²) < 4.78 is 30.1. The van der Waals surface area contributed by atoms with Gasteiger partial charge in [-0.25, -0.2) is 0 Å². The number of rotatable bonds is 48. The Bertz CT molecular complexity index is 1630. The Morgan fingerprint density at radius 3 is 1.52 bits per heavy atom. The minimum absolute atomic E-state index is 0.0416. The Balaban J connectivity index is 5.42. The summed E-state index contributed by atoms with van der Waals surface area (Å²) in [5, 5.41) is 2.98. The van der Waals surface area contributed by atoms with E-state index >= 15 is 0 Å². The summed E-state index contributed by atoms with van der Waals surface area (Å²) in [4.78, 5) is 39.8. The fourth-order valence-corrected chi connectivity index (χ4v) is 7.89. The van der Waals surface area contributed by atoms with E-state index in [9.17, 15) is 19.0 Å².